The van der Waals surface area contributed by atoms with Gasteiger partial charge in [-0.2, -0.15) is 0 Å². The van der Waals surface area contributed by atoms with E-state index < -0.39 is 0 Å². The van der Waals surface area contributed by atoms with Crippen LogP contribution in [0.3, 0.4) is 0 Å². The second-order valence-electron chi connectivity index (χ2n) is 4.50. The third kappa shape index (κ3) is 0.698. The van der Waals surface area contributed by atoms with E-state index in [0.717, 1.165) is 23.7 Å². The molecule has 2 aliphatic carbocycles. The maximum Gasteiger partial charge on any atom is 0.00157 e. The van der Waals surface area contributed by atoms with Gasteiger partial charge in [-0.15, -0.1) is 0 Å². The molecule has 1 aliphatic heterocycles. The second kappa shape index (κ2) is 1.89. The summed E-state index contributed by atoms with van der Waals surface area (Å²) in [6.45, 7) is 2.71. The Morgan fingerprint density at radius 3 is 2.18 bits per heavy atom. The summed E-state index contributed by atoms with van der Waals surface area (Å²) in [7, 11) is 2.26. The number of hydrogen-bond acceptors (Lipinski definition) is 1. The van der Waals surface area contributed by atoms with Gasteiger partial charge in [-0.05, 0) is 37.1 Å². The third-order valence-corrected chi connectivity index (χ3v) is 3.84. The lowest BCUT2D eigenvalue weighted by atomic mass is 9.86. The molecule has 4 atom stereocenters. The zero-order valence-corrected chi connectivity index (χ0v) is 7.03. The van der Waals surface area contributed by atoms with Crippen LogP contribution in [0, 0.1) is 23.7 Å². The summed E-state index contributed by atoms with van der Waals surface area (Å²) in [4.78, 5) is 2.50. The highest BCUT2D eigenvalue weighted by atomic mass is 15.1. The van der Waals surface area contributed by atoms with E-state index in [9.17, 15) is 0 Å². The number of fused-ring (bicyclic) bond motifs is 5. The fraction of sp³-hybridized carbons (Fsp3) is 0.800. The van der Waals surface area contributed by atoms with E-state index in [1.54, 1.807) is 0 Å². The Morgan fingerprint density at radius 2 is 1.64 bits per heavy atom. The Labute approximate surface area is 68.1 Å². The van der Waals surface area contributed by atoms with E-state index in [0.29, 0.717) is 0 Å². The summed E-state index contributed by atoms with van der Waals surface area (Å²) in [5.74, 6) is 3.95. The number of hydrogen-bond donors (Lipinski definition) is 0. The van der Waals surface area contributed by atoms with Crippen molar-refractivity contribution in [3.63, 3.8) is 0 Å². The van der Waals surface area contributed by atoms with Gasteiger partial charge in [0.2, 0.25) is 0 Å². The summed E-state index contributed by atoms with van der Waals surface area (Å²) in [6, 6.07) is 0. The predicted octanol–water partition coefficient (Wildman–Crippen LogP) is 1.37. The first kappa shape index (κ1) is 6.24. The van der Waals surface area contributed by atoms with Gasteiger partial charge in [0.15, 0.2) is 0 Å². The van der Waals surface area contributed by atoms with Crippen molar-refractivity contribution in [1.29, 1.82) is 0 Å². The average molecular weight is 149 g/mol. The molecule has 0 aromatic rings. The zero-order valence-electron chi connectivity index (χ0n) is 7.03. The largest absolute Gasteiger partial charge is 0.306 e. The van der Waals surface area contributed by atoms with Crippen molar-refractivity contribution in [3.8, 4) is 0 Å². The fourth-order valence-corrected chi connectivity index (χ4v) is 3.36. The average Bonchev–Trinajstić information content (AvgIpc) is 2.53. The van der Waals surface area contributed by atoms with Crippen LogP contribution in [-0.4, -0.2) is 25.0 Å². The monoisotopic (exact) mass is 149 g/mol. The van der Waals surface area contributed by atoms with Crippen LogP contribution in [0.15, 0.2) is 12.2 Å². The summed E-state index contributed by atoms with van der Waals surface area (Å²) in [5.41, 5.74) is 0. The molecule has 1 saturated heterocycles. The summed E-state index contributed by atoms with van der Waals surface area (Å²) in [6.07, 6.45) is 6.40. The lowest BCUT2D eigenvalue weighted by Gasteiger charge is -2.17. The third-order valence-electron chi connectivity index (χ3n) is 3.84. The Hall–Kier alpha value is -0.300. The topological polar surface area (TPSA) is 3.24 Å². The molecule has 11 heavy (non-hydrogen) atoms. The molecular formula is C10H15N. The van der Waals surface area contributed by atoms with Crippen molar-refractivity contribution in [2.24, 2.45) is 23.7 Å². The van der Waals surface area contributed by atoms with E-state index in [2.05, 4.69) is 24.1 Å². The van der Waals surface area contributed by atoms with E-state index in [4.69, 9.17) is 0 Å². The van der Waals surface area contributed by atoms with Crippen molar-refractivity contribution in [3.05, 3.63) is 12.2 Å². The number of nitrogens with zero attached hydrogens (tertiary/aromatic N) is 1. The van der Waals surface area contributed by atoms with Gasteiger partial charge in [0.25, 0.3) is 0 Å². The second-order valence-corrected chi connectivity index (χ2v) is 4.50. The highest BCUT2D eigenvalue weighted by Gasteiger charge is 2.48. The van der Waals surface area contributed by atoms with Gasteiger partial charge in [0.05, 0.1) is 0 Å². The molecule has 3 rings (SSSR count). The fourth-order valence-electron chi connectivity index (χ4n) is 3.36. The molecule has 0 N–H and O–H groups in total. The van der Waals surface area contributed by atoms with Crippen LogP contribution >= 0.6 is 0 Å². The molecule has 0 unspecified atom stereocenters. The normalized spacial score (nSPS) is 53.9. The number of likely N-dealkylation sites (tertiary alicyclic amines) is 1. The quantitative estimate of drug-likeness (QED) is 0.470. The molecule has 2 fully saturated rings. The van der Waals surface area contributed by atoms with Gasteiger partial charge in [0, 0.05) is 13.1 Å². The van der Waals surface area contributed by atoms with Gasteiger partial charge >= 0.3 is 0 Å². The standard InChI is InChI=1S/C10H15N/c1-11-5-9-7-2-3-8(4-7)10(9)6-11/h2-3,7-10H,4-6H2,1H3/t7-,8-,9-,10-/m0/s1. The molecule has 0 aromatic heterocycles. The van der Waals surface area contributed by atoms with Gasteiger partial charge in [-0.1, -0.05) is 12.2 Å². The molecule has 0 spiro atoms. The molecule has 1 nitrogen and oxygen atoms in total. The number of rotatable bonds is 0. The summed E-state index contributed by atoms with van der Waals surface area (Å²) in [5, 5.41) is 0. The zero-order chi connectivity index (χ0) is 7.42. The van der Waals surface area contributed by atoms with Crippen molar-refractivity contribution in [1.82, 2.24) is 4.90 Å². The van der Waals surface area contributed by atoms with Crippen molar-refractivity contribution in [2.45, 2.75) is 6.42 Å². The minimum Gasteiger partial charge on any atom is -0.306 e. The van der Waals surface area contributed by atoms with Crippen molar-refractivity contribution >= 4 is 0 Å². The molecule has 0 aromatic carbocycles. The first-order valence-corrected chi connectivity index (χ1v) is 4.71. The molecule has 3 aliphatic rings. The van der Waals surface area contributed by atoms with Crippen LogP contribution in [0.2, 0.25) is 0 Å². The van der Waals surface area contributed by atoms with Gasteiger partial charge < -0.3 is 4.90 Å². The SMILES string of the molecule is CN1C[C@@H]2[C@@H](C1)[C@H]1C=C[C@H]2C1. The molecule has 0 radical (unpaired) electrons. The molecule has 1 heteroatoms. The molecule has 0 amide bonds. The summed E-state index contributed by atoms with van der Waals surface area (Å²) >= 11 is 0. The van der Waals surface area contributed by atoms with Crippen LogP contribution in [0.5, 0.6) is 0 Å². The molecular weight excluding hydrogens is 134 g/mol. The van der Waals surface area contributed by atoms with Crippen molar-refractivity contribution < 1.29 is 0 Å². The Balaban J connectivity index is 1.92. The lowest BCUT2D eigenvalue weighted by molar-refractivity contribution is 0.359. The summed E-state index contributed by atoms with van der Waals surface area (Å²) < 4.78 is 0. The van der Waals surface area contributed by atoms with Gasteiger partial charge in [-0.3, -0.25) is 0 Å². The van der Waals surface area contributed by atoms with E-state index in [1.807, 2.05) is 0 Å². The Kier molecular flexibility index (Phi) is 1.07. The van der Waals surface area contributed by atoms with Crippen LogP contribution in [0.1, 0.15) is 6.42 Å². The van der Waals surface area contributed by atoms with Gasteiger partial charge in [-0.25, -0.2) is 0 Å². The smallest absolute Gasteiger partial charge is 0.00157 e. The van der Waals surface area contributed by atoms with E-state index in [1.165, 1.54) is 19.5 Å². The minimum absolute atomic E-state index is 0.954. The lowest BCUT2D eigenvalue weighted by Crippen LogP contribution is -2.17. The van der Waals surface area contributed by atoms with Crippen LogP contribution in [0.4, 0.5) is 0 Å². The number of allylic oxidation sites excluding steroid dienone is 2. The maximum atomic E-state index is 2.50. The molecule has 2 bridgehead atoms. The van der Waals surface area contributed by atoms with E-state index >= 15 is 0 Å². The maximum absolute atomic E-state index is 2.50. The highest BCUT2D eigenvalue weighted by molar-refractivity contribution is 5.16. The highest BCUT2D eigenvalue weighted by Crippen LogP contribution is 2.50. The first-order chi connectivity index (χ1) is 5.34. The molecule has 1 saturated carbocycles. The van der Waals surface area contributed by atoms with Crippen LogP contribution < -0.4 is 0 Å². The van der Waals surface area contributed by atoms with Crippen LogP contribution in [0.25, 0.3) is 0 Å². The Bertz CT molecular complexity index is 189. The predicted molar refractivity (Wildman–Crippen MR) is 45.2 cm³/mol. The molecule has 1 heterocycles. The van der Waals surface area contributed by atoms with Crippen molar-refractivity contribution in [2.75, 3.05) is 20.1 Å². The van der Waals surface area contributed by atoms with Gasteiger partial charge in [0.1, 0.15) is 0 Å². The minimum atomic E-state index is 0.954. The van der Waals surface area contributed by atoms with Crippen LogP contribution in [-0.2, 0) is 0 Å². The molecule has 60 valence electrons. The Morgan fingerprint density at radius 1 is 1.09 bits per heavy atom. The van der Waals surface area contributed by atoms with E-state index in [-0.39, 0.29) is 0 Å². The first-order valence-electron chi connectivity index (χ1n) is 4.71.